The molecule has 0 aromatic heterocycles. The van der Waals surface area contributed by atoms with Gasteiger partial charge in [0.1, 0.15) is 0 Å². The van der Waals surface area contributed by atoms with Crippen molar-refractivity contribution in [3.8, 4) is 0 Å². The molecule has 1 aromatic rings. The topological polar surface area (TPSA) is 92.6 Å². The zero-order valence-corrected chi connectivity index (χ0v) is 13.4. The monoisotopic (exact) mass is 327 g/mol. The van der Waals surface area contributed by atoms with Crippen LogP contribution in [0.25, 0.3) is 0 Å². The average Bonchev–Trinajstić information content (AvgIpc) is 2.53. The van der Waals surface area contributed by atoms with Crippen LogP contribution in [-0.4, -0.2) is 44.3 Å². The molecule has 1 aromatic carbocycles. The number of nitro groups is 1. The molecule has 0 unspecified atom stereocenters. The normalized spacial score (nSPS) is 17.5. The number of nitro benzene ring substituents is 1. The second kappa shape index (κ2) is 7.17. The van der Waals surface area contributed by atoms with E-state index in [2.05, 4.69) is 5.32 Å². The number of nitrogens with one attached hydrogen (secondary N) is 1. The smallest absolute Gasteiger partial charge is 0.270 e. The van der Waals surface area contributed by atoms with Gasteiger partial charge >= 0.3 is 0 Å². The van der Waals surface area contributed by atoms with Gasteiger partial charge in [-0.3, -0.25) is 10.1 Å². The van der Waals surface area contributed by atoms with Gasteiger partial charge in [-0.2, -0.15) is 4.31 Å². The molecule has 0 radical (unpaired) electrons. The van der Waals surface area contributed by atoms with Crippen molar-refractivity contribution in [2.45, 2.75) is 24.2 Å². The molecule has 0 amide bonds. The molecule has 0 atom stereocenters. The van der Waals surface area contributed by atoms with Gasteiger partial charge in [-0.1, -0.05) is 6.07 Å². The van der Waals surface area contributed by atoms with Crippen LogP contribution in [0.4, 0.5) is 5.69 Å². The van der Waals surface area contributed by atoms with Crippen LogP contribution in [0.3, 0.4) is 0 Å². The van der Waals surface area contributed by atoms with Crippen molar-refractivity contribution < 1.29 is 13.3 Å². The minimum absolute atomic E-state index is 0.00428. The molecular weight excluding hydrogens is 306 g/mol. The first kappa shape index (κ1) is 16.9. The molecule has 122 valence electrons. The molecule has 0 bridgehead atoms. The maximum absolute atomic E-state index is 12.6. The Morgan fingerprint density at radius 1 is 1.36 bits per heavy atom. The third-order valence-electron chi connectivity index (χ3n) is 4.04. The average molecular weight is 327 g/mol. The molecule has 1 fully saturated rings. The zero-order valence-electron chi connectivity index (χ0n) is 12.6. The summed E-state index contributed by atoms with van der Waals surface area (Å²) in [4.78, 5) is 10.2. The van der Waals surface area contributed by atoms with Crippen LogP contribution in [0.1, 0.15) is 19.3 Å². The van der Waals surface area contributed by atoms with E-state index in [1.54, 1.807) is 0 Å². The van der Waals surface area contributed by atoms with E-state index in [-0.39, 0.29) is 10.6 Å². The van der Waals surface area contributed by atoms with Gasteiger partial charge in [0.05, 0.1) is 9.82 Å². The number of benzene rings is 1. The van der Waals surface area contributed by atoms with Gasteiger partial charge < -0.3 is 5.32 Å². The van der Waals surface area contributed by atoms with Crippen LogP contribution in [0.15, 0.2) is 29.2 Å². The Bertz CT molecular complexity index is 625. The van der Waals surface area contributed by atoms with Gasteiger partial charge in [0.2, 0.25) is 10.0 Å². The fourth-order valence-electron chi connectivity index (χ4n) is 2.69. The molecule has 2 rings (SSSR count). The molecule has 1 aliphatic heterocycles. The van der Waals surface area contributed by atoms with E-state index in [9.17, 15) is 18.5 Å². The van der Waals surface area contributed by atoms with E-state index in [1.807, 2.05) is 7.05 Å². The SMILES string of the molecule is CNCCC1CCN(S(=O)(=O)c2cccc([N+](=O)[O-])c2)CC1. The molecule has 1 N–H and O–H groups in total. The lowest BCUT2D eigenvalue weighted by Gasteiger charge is -2.31. The zero-order chi connectivity index (χ0) is 16.2. The highest BCUT2D eigenvalue weighted by molar-refractivity contribution is 7.89. The first-order valence-electron chi connectivity index (χ1n) is 7.34. The molecule has 1 saturated heterocycles. The number of non-ortho nitro benzene ring substituents is 1. The maximum Gasteiger partial charge on any atom is 0.270 e. The fraction of sp³-hybridized carbons (Fsp3) is 0.571. The van der Waals surface area contributed by atoms with Crippen molar-refractivity contribution >= 4 is 15.7 Å². The number of hydrogen-bond acceptors (Lipinski definition) is 5. The highest BCUT2D eigenvalue weighted by Gasteiger charge is 2.30. The summed E-state index contributed by atoms with van der Waals surface area (Å²) in [6, 6.07) is 5.24. The molecule has 0 aliphatic carbocycles. The Hall–Kier alpha value is -1.51. The highest BCUT2D eigenvalue weighted by Crippen LogP contribution is 2.26. The molecule has 22 heavy (non-hydrogen) atoms. The lowest BCUT2D eigenvalue weighted by atomic mass is 9.95. The summed E-state index contributed by atoms with van der Waals surface area (Å²) in [5.74, 6) is 0.531. The molecule has 8 heteroatoms. The molecule has 1 aliphatic rings. The fourth-order valence-corrected chi connectivity index (χ4v) is 4.20. The molecule has 7 nitrogen and oxygen atoms in total. The summed E-state index contributed by atoms with van der Waals surface area (Å²) in [5, 5.41) is 13.9. The summed E-state index contributed by atoms with van der Waals surface area (Å²) in [5.41, 5.74) is -0.204. The molecule has 0 saturated carbocycles. The summed E-state index contributed by atoms with van der Waals surface area (Å²) >= 11 is 0. The maximum atomic E-state index is 12.6. The van der Waals surface area contributed by atoms with Crippen molar-refractivity contribution in [3.63, 3.8) is 0 Å². The number of nitrogens with zero attached hydrogens (tertiary/aromatic N) is 2. The predicted octanol–water partition coefficient (Wildman–Crippen LogP) is 1.60. The summed E-state index contributed by atoms with van der Waals surface area (Å²) in [6.07, 6.45) is 2.70. The van der Waals surface area contributed by atoms with E-state index in [0.29, 0.717) is 19.0 Å². The first-order valence-corrected chi connectivity index (χ1v) is 8.78. The number of piperidine rings is 1. The van der Waals surface area contributed by atoms with Gasteiger partial charge in [0, 0.05) is 25.2 Å². The van der Waals surface area contributed by atoms with E-state index >= 15 is 0 Å². The Morgan fingerprint density at radius 2 is 2.05 bits per heavy atom. The Labute approximate surface area is 130 Å². The van der Waals surface area contributed by atoms with Crippen LogP contribution in [0, 0.1) is 16.0 Å². The van der Waals surface area contributed by atoms with Crippen molar-refractivity contribution in [3.05, 3.63) is 34.4 Å². The van der Waals surface area contributed by atoms with Crippen molar-refractivity contribution in [2.75, 3.05) is 26.7 Å². The Balaban J connectivity index is 2.08. The summed E-state index contributed by atoms with van der Waals surface area (Å²) in [6.45, 7) is 1.88. The molecular formula is C14H21N3O4S. The minimum Gasteiger partial charge on any atom is -0.320 e. The third kappa shape index (κ3) is 3.82. The van der Waals surface area contributed by atoms with Crippen LogP contribution in [0.2, 0.25) is 0 Å². The van der Waals surface area contributed by atoms with Gasteiger partial charge in [-0.15, -0.1) is 0 Å². The van der Waals surface area contributed by atoms with E-state index in [4.69, 9.17) is 0 Å². The van der Waals surface area contributed by atoms with Crippen molar-refractivity contribution in [1.29, 1.82) is 0 Å². The van der Waals surface area contributed by atoms with Crippen molar-refractivity contribution in [1.82, 2.24) is 9.62 Å². The number of rotatable bonds is 6. The van der Waals surface area contributed by atoms with Gasteiger partial charge in [0.15, 0.2) is 0 Å². The highest BCUT2D eigenvalue weighted by atomic mass is 32.2. The standard InChI is InChI=1S/C14H21N3O4S/c1-15-8-5-12-6-9-16(10-7-12)22(20,21)14-4-2-3-13(11-14)17(18)19/h2-4,11-12,15H,5-10H2,1H3. The van der Waals surface area contributed by atoms with E-state index in [0.717, 1.165) is 31.9 Å². The lowest BCUT2D eigenvalue weighted by molar-refractivity contribution is -0.385. The van der Waals surface area contributed by atoms with Gasteiger partial charge in [0.25, 0.3) is 5.69 Å². The van der Waals surface area contributed by atoms with Gasteiger partial charge in [-0.05, 0) is 44.8 Å². The Kier molecular flexibility index (Phi) is 5.49. The summed E-state index contributed by atoms with van der Waals surface area (Å²) in [7, 11) is -1.74. The van der Waals surface area contributed by atoms with Crippen molar-refractivity contribution in [2.24, 2.45) is 5.92 Å². The lowest BCUT2D eigenvalue weighted by Crippen LogP contribution is -2.38. The first-order chi connectivity index (χ1) is 10.4. The quantitative estimate of drug-likeness (QED) is 0.633. The predicted molar refractivity (Wildman–Crippen MR) is 83.1 cm³/mol. The van der Waals surface area contributed by atoms with E-state index in [1.165, 1.54) is 22.5 Å². The van der Waals surface area contributed by atoms with Gasteiger partial charge in [-0.25, -0.2) is 8.42 Å². The summed E-state index contributed by atoms with van der Waals surface area (Å²) < 4.78 is 26.6. The van der Waals surface area contributed by atoms with Crippen LogP contribution < -0.4 is 5.32 Å². The van der Waals surface area contributed by atoms with Crippen LogP contribution in [-0.2, 0) is 10.0 Å². The second-order valence-corrected chi connectivity index (χ2v) is 7.43. The van der Waals surface area contributed by atoms with E-state index < -0.39 is 14.9 Å². The largest absolute Gasteiger partial charge is 0.320 e. The van der Waals surface area contributed by atoms with Crippen LogP contribution in [0.5, 0.6) is 0 Å². The van der Waals surface area contributed by atoms with Crippen LogP contribution >= 0.6 is 0 Å². The molecule has 0 spiro atoms. The third-order valence-corrected chi connectivity index (χ3v) is 5.94. The Morgan fingerprint density at radius 3 is 2.64 bits per heavy atom. The minimum atomic E-state index is -3.65. The molecule has 1 heterocycles. The number of hydrogen-bond donors (Lipinski definition) is 1. The second-order valence-electron chi connectivity index (χ2n) is 5.49. The number of sulfonamides is 1.